The van der Waals surface area contributed by atoms with Gasteiger partial charge in [-0.05, 0) is 12.5 Å². The Kier molecular flexibility index (Phi) is 2.54. The van der Waals surface area contributed by atoms with Crippen molar-refractivity contribution in [1.29, 1.82) is 0 Å². The minimum atomic E-state index is -0.763. The van der Waals surface area contributed by atoms with Crippen molar-refractivity contribution in [2.45, 2.75) is 12.5 Å². The highest BCUT2D eigenvalue weighted by molar-refractivity contribution is 5.69. The van der Waals surface area contributed by atoms with Gasteiger partial charge >= 0.3 is 5.97 Å². The maximum atomic E-state index is 10.6. The van der Waals surface area contributed by atoms with Gasteiger partial charge in [-0.15, -0.1) is 0 Å². The number of allylic oxidation sites excluding steroid dienone is 2. The molecule has 76 valence electrons. The molecule has 1 atom stereocenters. The van der Waals surface area contributed by atoms with Gasteiger partial charge in [0.2, 0.25) is 0 Å². The van der Waals surface area contributed by atoms with E-state index in [1.807, 2.05) is 17.1 Å². The summed E-state index contributed by atoms with van der Waals surface area (Å²) in [6.07, 6.45) is 7.06. The maximum absolute atomic E-state index is 10.6. The van der Waals surface area contributed by atoms with Crippen molar-refractivity contribution in [3.05, 3.63) is 23.9 Å². The molecule has 1 unspecified atom stereocenters. The van der Waals surface area contributed by atoms with Crippen LogP contribution in [0.4, 0.5) is 0 Å². The Morgan fingerprint density at radius 1 is 1.71 bits per heavy atom. The van der Waals surface area contributed by atoms with Gasteiger partial charge in [0.05, 0.1) is 6.04 Å². The molecule has 1 saturated heterocycles. The first-order valence-electron chi connectivity index (χ1n) is 4.84. The van der Waals surface area contributed by atoms with Gasteiger partial charge in [0.15, 0.2) is 0 Å². The fourth-order valence-electron chi connectivity index (χ4n) is 1.97. The Hall–Kier alpha value is -1.29. The Bertz CT molecular complexity index is 296. The van der Waals surface area contributed by atoms with Crippen LogP contribution in [0.15, 0.2) is 23.9 Å². The summed E-state index contributed by atoms with van der Waals surface area (Å²) in [5.74, 6) is -0.763. The smallest absolute Gasteiger partial charge is 0.323 e. The van der Waals surface area contributed by atoms with Gasteiger partial charge in [-0.1, -0.05) is 12.2 Å². The highest BCUT2D eigenvalue weighted by Crippen LogP contribution is 2.19. The minimum absolute atomic E-state index is 0.109. The number of carbonyl (C=O) groups is 1. The van der Waals surface area contributed by atoms with Crippen LogP contribution in [0.1, 0.15) is 6.42 Å². The molecule has 1 fully saturated rings. The van der Waals surface area contributed by atoms with Crippen molar-refractivity contribution < 1.29 is 9.90 Å². The zero-order valence-electron chi connectivity index (χ0n) is 7.94. The Morgan fingerprint density at radius 2 is 2.57 bits per heavy atom. The molecule has 1 aliphatic heterocycles. The maximum Gasteiger partial charge on any atom is 0.323 e. The fraction of sp³-hybridized carbons (Fsp3) is 0.500. The zero-order valence-corrected chi connectivity index (χ0v) is 7.94. The summed E-state index contributed by atoms with van der Waals surface area (Å²) in [7, 11) is 0. The van der Waals surface area contributed by atoms with Gasteiger partial charge in [0.1, 0.15) is 6.54 Å². The van der Waals surface area contributed by atoms with Gasteiger partial charge in [-0.25, -0.2) is 0 Å². The standard InChI is InChI=1S/C10H14N2O2/c13-10(14)7-12-6-5-11-8-3-1-2-4-9(8)12/h1-2,4,8,11H,3,5-7H2,(H,13,14). The molecule has 1 aliphatic carbocycles. The van der Waals surface area contributed by atoms with Gasteiger partial charge in [0.25, 0.3) is 0 Å². The lowest BCUT2D eigenvalue weighted by Gasteiger charge is -2.37. The van der Waals surface area contributed by atoms with Crippen LogP contribution in [-0.4, -0.2) is 41.7 Å². The second kappa shape index (κ2) is 3.84. The van der Waals surface area contributed by atoms with E-state index in [9.17, 15) is 4.79 Å². The Balaban J connectivity index is 2.11. The number of hydrogen-bond donors (Lipinski definition) is 2. The quantitative estimate of drug-likeness (QED) is 0.659. The normalized spacial score (nSPS) is 25.6. The van der Waals surface area contributed by atoms with Gasteiger partial charge in [-0.3, -0.25) is 4.79 Å². The fourth-order valence-corrected chi connectivity index (χ4v) is 1.97. The van der Waals surface area contributed by atoms with Crippen molar-refractivity contribution in [2.24, 2.45) is 0 Å². The first-order chi connectivity index (χ1) is 6.77. The highest BCUT2D eigenvalue weighted by Gasteiger charge is 2.25. The van der Waals surface area contributed by atoms with Crippen molar-refractivity contribution in [3.8, 4) is 0 Å². The molecular weight excluding hydrogens is 180 g/mol. The van der Waals surface area contributed by atoms with Crippen LogP contribution in [0.25, 0.3) is 0 Å². The number of aliphatic carboxylic acids is 1. The molecule has 0 aromatic heterocycles. The number of carboxylic acid groups (broad SMARTS) is 1. The van der Waals surface area contributed by atoms with E-state index >= 15 is 0 Å². The Labute approximate surface area is 82.9 Å². The molecule has 0 amide bonds. The van der Waals surface area contributed by atoms with E-state index in [2.05, 4.69) is 11.4 Å². The zero-order chi connectivity index (χ0) is 9.97. The first kappa shape index (κ1) is 9.27. The van der Waals surface area contributed by atoms with Gasteiger partial charge in [0, 0.05) is 18.8 Å². The van der Waals surface area contributed by atoms with Crippen LogP contribution in [0, 0.1) is 0 Å². The van der Waals surface area contributed by atoms with E-state index in [4.69, 9.17) is 5.11 Å². The molecule has 0 saturated carbocycles. The van der Waals surface area contributed by atoms with Gasteiger partial charge in [-0.2, -0.15) is 0 Å². The topological polar surface area (TPSA) is 52.6 Å². The van der Waals surface area contributed by atoms with E-state index in [-0.39, 0.29) is 6.54 Å². The van der Waals surface area contributed by atoms with Crippen LogP contribution < -0.4 is 5.32 Å². The lowest BCUT2D eigenvalue weighted by atomic mass is 10.0. The summed E-state index contributed by atoms with van der Waals surface area (Å²) < 4.78 is 0. The van der Waals surface area contributed by atoms with E-state index in [1.54, 1.807) is 0 Å². The highest BCUT2D eigenvalue weighted by atomic mass is 16.4. The van der Waals surface area contributed by atoms with E-state index in [0.717, 1.165) is 25.2 Å². The number of nitrogens with zero attached hydrogens (tertiary/aromatic N) is 1. The van der Waals surface area contributed by atoms with Crippen molar-refractivity contribution >= 4 is 5.97 Å². The number of nitrogens with one attached hydrogen (secondary N) is 1. The molecule has 0 aromatic carbocycles. The molecule has 14 heavy (non-hydrogen) atoms. The second-order valence-electron chi connectivity index (χ2n) is 3.58. The molecule has 0 spiro atoms. The first-order valence-corrected chi connectivity index (χ1v) is 4.84. The average Bonchev–Trinajstić information content (AvgIpc) is 2.18. The summed E-state index contributed by atoms with van der Waals surface area (Å²) >= 11 is 0. The molecule has 0 aromatic rings. The summed E-state index contributed by atoms with van der Waals surface area (Å²) in [5.41, 5.74) is 1.11. The molecule has 2 N–H and O–H groups in total. The average molecular weight is 194 g/mol. The third-order valence-corrected chi connectivity index (χ3v) is 2.60. The Morgan fingerprint density at radius 3 is 3.36 bits per heavy atom. The number of rotatable bonds is 2. The predicted octanol–water partition coefficient (Wildman–Crippen LogP) is 0.189. The van der Waals surface area contributed by atoms with Crippen LogP contribution in [0.3, 0.4) is 0 Å². The third-order valence-electron chi connectivity index (χ3n) is 2.60. The summed E-state index contributed by atoms with van der Waals surface area (Å²) in [6, 6.07) is 0.313. The van der Waals surface area contributed by atoms with Crippen LogP contribution in [-0.2, 0) is 4.79 Å². The number of fused-ring (bicyclic) bond motifs is 1. The van der Waals surface area contributed by atoms with E-state index in [1.165, 1.54) is 0 Å². The predicted molar refractivity (Wildman–Crippen MR) is 52.8 cm³/mol. The molecule has 0 bridgehead atoms. The molecule has 4 nitrogen and oxygen atoms in total. The molecule has 4 heteroatoms. The molecule has 0 radical (unpaired) electrons. The summed E-state index contributed by atoms with van der Waals surface area (Å²) in [6.45, 7) is 1.75. The van der Waals surface area contributed by atoms with Crippen molar-refractivity contribution in [3.63, 3.8) is 0 Å². The largest absolute Gasteiger partial charge is 0.480 e. The SMILES string of the molecule is O=C(O)CN1CCNC2CC=CC=C21. The lowest BCUT2D eigenvalue weighted by Crippen LogP contribution is -2.50. The number of hydrogen-bond acceptors (Lipinski definition) is 3. The van der Waals surface area contributed by atoms with Gasteiger partial charge < -0.3 is 15.3 Å². The molecule has 2 aliphatic rings. The molecule has 2 rings (SSSR count). The van der Waals surface area contributed by atoms with Crippen LogP contribution in [0.5, 0.6) is 0 Å². The van der Waals surface area contributed by atoms with Crippen molar-refractivity contribution in [2.75, 3.05) is 19.6 Å². The lowest BCUT2D eigenvalue weighted by molar-refractivity contribution is -0.138. The van der Waals surface area contributed by atoms with Crippen LogP contribution in [0.2, 0.25) is 0 Å². The second-order valence-corrected chi connectivity index (χ2v) is 3.58. The van der Waals surface area contributed by atoms with E-state index in [0.29, 0.717) is 6.04 Å². The summed E-state index contributed by atoms with van der Waals surface area (Å²) in [4.78, 5) is 12.6. The van der Waals surface area contributed by atoms with Crippen LogP contribution >= 0.6 is 0 Å². The monoisotopic (exact) mass is 194 g/mol. The van der Waals surface area contributed by atoms with Crippen molar-refractivity contribution in [1.82, 2.24) is 10.2 Å². The molecule has 1 heterocycles. The van der Waals surface area contributed by atoms with E-state index < -0.39 is 5.97 Å². The number of carboxylic acids is 1. The number of piperazine rings is 1. The third kappa shape index (κ3) is 1.80. The molecular formula is C10H14N2O2. The summed E-state index contributed by atoms with van der Waals surface area (Å²) in [5, 5.41) is 12.1. The minimum Gasteiger partial charge on any atom is -0.480 e.